The molecular weight excluding hydrogens is 733 g/mol. The van der Waals surface area contributed by atoms with Crippen LogP contribution in [0.2, 0.25) is 0 Å². The third kappa shape index (κ3) is 5.27. The highest BCUT2D eigenvalue weighted by Gasteiger charge is 2.36. The maximum absolute atomic E-state index is 7.10. The topological polar surface area (TPSA) is 42.4 Å². The van der Waals surface area contributed by atoms with E-state index in [2.05, 4.69) is 189 Å². The molecule has 0 fully saturated rings. The molecule has 0 atom stereocenters. The number of fused-ring (bicyclic) bond motifs is 9. The Labute approximate surface area is 347 Å². The van der Waals surface area contributed by atoms with E-state index in [0.29, 0.717) is 5.89 Å². The monoisotopic (exact) mass is 770 g/mol. The molecule has 0 N–H and O–H groups in total. The number of hydrogen-bond acceptors (Lipinski definition) is 4. The summed E-state index contributed by atoms with van der Waals surface area (Å²) < 4.78 is 13.5. The predicted molar refractivity (Wildman–Crippen MR) is 247 cm³/mol. The number of nitrogens with zero attached hydrogens (tertiary/aromatic N) is 2. The highest BCUT2D eigenvalue weighted by molar-refractivity contribution is 6.20. The van der Waals surface area contributed by atoms with Crippen molar-refractivity contribution in [1.29, 1.82) is 0 Å². The summed E-state index contributed by atoms with van der Waals surface area (Å²) in [6.07, 6.45) is 0. The summed E-state index contributed by atoms with van der Waals surface area (Å²) in [5.41, 5.74) is 17.1. The Balaban J connectivity index is 1.04. The second-order valence-electron chi connectivity index (χ2n) is 16.3. The van der Waals surface area contributed by atoms with Crippen molar-refractivity contribution >= 4 is 60.9 Å². The van der Waals surface area contributed by atoms with Crippen molar-refractivity contribution in [2.24, 2.45) is 0 Å². The lowest BCUT2D eigenvalue weighted by atomic mass is 9.82. The molecule has 0 saturated carbocycles. The average Bonchev–Trinajstić information content (AvgIpc) is 3.98. The molecule has 2 aromatic heterocycles. The van der Waals surface area contributed by atoms with Crippen LogP contribution < -0.4 is 4.90 Å². The molecule has 0 amide bonds. The Bertz CT molecular complexity index is 3410. The van der Waals surface area contributed by atoms with Crippen LogP contribution in [0.3, 0.4) is 0 Å². The molecule has 12 rings (SSSR count). The third-order valence-corrected chi connectivity index (χ3v) is 12.5. The summed E-state index contributed by atoms with van der Waals surface area (Å²) in [6, 6.07) is 69.0. The molecule has 1 aliphatic carbocycles. The van der Waals surface area contributed by atoms with E-state index in [9.17, 15) is 0 Å². The van der Waals surface area contributed by atoms with Crippen LogP contribution in [-0.2, 0) is 5.41 Å². The third-order valence-electron chi connectivity index (χ3n) is 12.5. The van der Waals surface area contributed by atoms with E-state index < -0.39 is 0 Å². The molecule has 1 aliphatic rings. The average molecular weight is 771 g/mol. The molecule has 0 aliphatic heterocycles. The molecule has 0 radical (unpaired) electrons. The molecule has 60 heavy (non-hydrogen) atoms. The van der Waals surface area contributed by atoms with E-state index in [-0.39, 0.29) is 5.41 Å². The van der Waals surface area contributed by atoms with Crippen LogP contribution in [-0.4, -0.2) is 4.98 Å². The Morgan fingerprint density at radius 3 is 1.80 bits per heavy atom. The molecule has 4 nitrogen and oxygen atoms in total. The lowest BCUT2D eigenvalue weighted by Gasteiger charge is -2.28. The molecular formula is C56H38N2O2. The van der Waals surface area contributed by atoms with Gasteiger partial charge in [-0.2, -0.15) is 0 Å². The Kier molecular flexibility index (Phi) is 7.54. The number of furan rings is 1. The molecule has 0 unspecified atom stereocenters. The first kappa shape index (κ1) is 34.4. The summed E-state index contributed by atoms with van der Waals surface area (Å²) in [7, 11) is 0. The first-order valence-electron chi connectivity index (χ1n) is 20.5. The summed E-state index contributed by atoms with van der Waals surface area (Å²) >= 11 is 0. The largest absolute Gasteiger partial charge is 0.453 e. The Morgan fingerprint density at radius 2 is 1.02 bits per heavy atom. The summed E-state index contributed by atoms with van der Waals surface area (Å²) in [4.78, 5) is 7.28. The lowest BCUT2D eigenvalue weighted by molar-refractivity contribution is 0.620. The van der Waals surface area contributed by atoms with Gasteiger partial charge in [0.25, 0.3) is 0 Å². The second-order valence-corrected chi connectivity index (χ2v) is 16.3. The zero-order valence-electron chi connectivity index (χ0n) is 33.2. The van der Waals surface area contributed by atoms with E-state index in [1.54, 1.807) is 0 Å². The molecule has 284 valence electrons. The van der Waals surface area contributed by atoms with Gasteiger partial charge in [-0.1, -0.05) is 159 Å². The first-order valence-corrected chi connectivity index (χ1v) is 20.5. The van der Waals surface area contributed by atoms with Gasteiger partial charge in [-0.15, -0.1) is 0 Å². The Hall–Kier alpha value is -7.69. The van der Waals surface area contributed by atoms with Crippen LogP contribution in [0.15, 0.2) is 203 Å². The zero-order valence-corrected chi connectivity index (χ0v) is 33.2. The molecule has 0 spiro atoms. The van der Waals surface area contributed by atoms with Crippen LogP contribution in [0.1, 0.15) is 25.0 Å². The molecule has 0 saturated heterocycles. The maximum Gasteiger partial charge on any atom is 0.227 e. The summed E-state index contributed by atoms with van der Waals surface area (Å²) in [6.45, 7) is 4.67. The fraction of sp³-hybridized carbons (Fsp3) is 0.0536. The molecule has 4 heteroatoms. The van der Waals surface area contributed by atoms with Crippen molar-refractivity contribution < 1.29 is 8.83 Å². The number of aromatic nitrogens is 1. The zero-order chi connectivity index (χ0) is 40.0. The van der Waals surface area contributed by atoms with Gasteiger partial charge < -0.3 is 13.7 Å². The van der Waals surface area contributed by atoms with Gasteiger partial charge in [0.15, 0.2) is 11.2 Å². The van der Waals surface area contributed by atoms with Gasteiger partial charge in [0.2, 0.25) is 5.89 Å². The Morgan fingerprint density at radius 1 is 0.417 bits per heavy atom. The van der Waals surface area contributed by atoms with E-state index in [4.69, 9.17) is 13.8 Å². The van der Waals surface area contributed by atoms with E-state index in [0.717, 1.165) is 72.0 Å². The summed E-state index contributed by atoms with van der Waals surface area (Å²) in [5.74, 6) is 0.595. The van der Waals surface area contributed by atoms with Gasteiger partial charge in [-0.3, -0.25) is 0 Å². The smallest absolute Gasteiger partial charge is 0.227 e. The fourth-order valence-corrected chi connectivity index (χ4v) is 9.49. The van der Waals surface area contributed by atoms with E-state index in [1.165, 1.54) is 38.9 Å². The van der Waals surface area contributed by atoms with Crippen LogP contribution in [0.5, 0.6) is 0 Å². The van der Waals surface area contributed by atoms with Crippen LogP contribution >= 0.6 is 0 Å². The predicted octanol–water partition coefficient (Wildman–Crippen LogP) is 15.7. The normalized spacial score (nSPS) is 13.0. The van der Waals surface area contributed by atoms with Crippen LogP contribution in [0.4, 0.5) is 17.1 Å². The number of oxazole rings is 1. The van der Waals surface area contributed by atoms with Crippen molar-refractivity contribution in [2.75, 3.05) is 4.90 Å². The van der Waals surface area contributed by atoms with Gasteiger partial charge in [0, 0.05) is 38.5 Å². The minimum Gasteiger partial charge on any atom is -0.453 e. The number of anilines is 3. The number of rotatable bonds is 6. The van der Waals surface area contributed by atoms with Gasteiger partial charge in [0.05, 0.1) is 5.69 Å². The molecule has 0 bridgehead atoms. The maximum atomic E-state index is 7.10. The highest BCUT2D eigenvalue weighted by atomic mass is 16.3. The molecule has 9 aromatic carbocycles. The minimum atomic E-state index is -0.158. The van der Waals surface area contributed by atoms with Gasteiger partial charge >= 0.3 is 0 Å². The fourth-order valence-electron chi connectivity index (χ4n) is 9.49. The number of hydrogen-bond donors (Lipinski definition) is 0. The van der Waals surface area contributed by atoms with Gasteiger partial charge in [-0.05, 0) is 98.4 Å². The van der Waals surface area contributed by atoms with Crippen molar-refractivity contribution in [3.05, 3.63) is 205 Å². The first-order chi connectivity index (χ1) is 29.5. The SMILES string of the molecule is CC1(C)c2ccccc2-c2ccc(N(c3ccc(-c4ccc(-c5ccccc5)cc4)cc3)c3cccc4c3oc3c5ccccc5c(-c5nc6ccccc6o5)cc43)cc21. The summed E-state index contributed by atoms with van der Waals surface area (Å²) in [5, 5.41) is 4.09. The quantitative estimate of drug-likeness (QED) is 0.169. The minimum absolute atomic E-state index is 0.158. The van der Waals surface area contributed by atoms with Gasteiger partial charge in [-0.25, -0.2) is 4.98 Å². The standard InChI is InChI=1S/C56H38N2O2/c1-56(2)48-19-9-8-16-42(48)43-32-31-40(33-49(43)56)58(39-29-27-38(28-30-39)37-25-23-36(24-26-37)35-13-4-3-5-14-35)51-21-12-18-45-46-34-47(55-57-50-20-10-11-22-52(50)59-55)41-15-6-7-17-44(41)53(46)60-54(45)51/h3-34H,1-2H3. The van der Waals surface area contributed by atoms with E-state index >= 15 is 0 Å². The number of benzene rings is 9. The molecule has 2 heterocycles. The number of para-hydroxylation sites is 3. The second kappa shape index (κ2) is 13.2. The van der Waals surface area contributed by atoms with Crippen molar-refractivity contribution in [1.82, 2.24) is 4.98 Å². The van der Waals surface area contributed by atoms with E-state index in [1.807, 2.05) is 24.3 Å². The van der Waals surface area contributed by atoms with Crippen LogP contribution in [0, 0.1) is 0 Å². The van der Waals surface area contributed by atoms with Crippen LogP contribution in [0.25, 0.3) is 88.6 Å². The molecule has 11 aromatic rings. The van der Waals surface area contributed by atoms with Gasteiger partial charge in [0.1, 0.15) is 11.1 Å². The van der Waals surface area contributed by atoms with Crippen molar-refractivity contribution in [3.63, 3.8) is 0 Å². The van der Waals surface area contributed by atoms with Crippen molar-refractivity contribution in [3.8, 4) is 44.8 Å². The highest BCUT2D eigenvalue weighted by Crippen LogP contribution is 2.52. The lowest BCUT2D eigenvalue weighted by Crippen LogP contribution is -2.16. The van der Waals surface area contributed by atoms with Crippen molar-refractivity contribution in [2.45, 2.75) is 19.3 Å².